The molecule has 0 aromatic rings. The van der Waals surface area contributed by atoms with Crippen molar-refractivity contribution in [2.24, 2.45) is 5.92 Å². The van der Waals surface area contributed by atoms with Crippen molar-refractivity contribution in [3.05, 3.63) is 0 Å². The molecule has 2 saturated heterocycles. The Morgan fingerprint density at radius 1 is 1.26 bits per heavy atom. The van der Waals surface area contributed by atoms with E-state index in [-0.39, 0.29) is 18.6 Å². The van der Waals surface area contributed by atoms with E-state index in [1.807, 2.05) is 27.7 Å². The maximum absolute atomic E-state index is 10.8. The molecule has 0 amide bonds. The van der Waals surface area contributed by atoms with Gasteiger partial charge in [0.2, 0.25) is 5.79 Å². The first-order valence-electron chi connectivity index (χ1n) is 8.62. The Hall–Kier alpha value is -0.240. The molecule has 0 aliphatic carbocycles. The van der Waals surface area contributed by atoms with Crippen LogP contribution in [0.2, 0.25) is 0 Å². The van der Waals surface area contributed by atoms with Crippen molar-refractivity contribution in [1.82, 2.24) is 0 Å². The zero-order valence-corrected chi connectivity index (χ0v) is 15.3. The van der Waals surface area contributed by atoms with Crippen LogP contribution in [0, 0.1) is 5.92 Å². The first-order chi connectivity index (χ1) is 10.7. The smallest absolute Gasteiger partial charge is 0.221 e. The molecule has 6 heteroatoms. The second-order valence-electron chi connectivity index (χ2n) is 7.09. The van der Waals surface area contributed by atoms with E-state index in [9.17, 15) is 5.11 Å². The number of hydrogen-bond acceptors (Lipinski definition) is 6. The zero-order valence-electron chi connectivity index (χ0n) is 15.3. The molecule has 2 aliphatic rings. The van der Waals surface area contributed by atoms with Crippen molar-refractivity contribution in [2.75, 3.05) is 20.3 Å². The van der Waals surface area contributed by atoms with E-state index >= 15 is 0 Å². The number of methoxy groups -OCH3 is 1. The normalized spacial score (nSPS) is 39.5. The third kappa shape index (κ3) is 3.72. The van der Waals surface area contributed by atoms with Gasteiger partial charge in [-0.05, 0) is 20.3 Å². The Bertz CT molecular complexity index is 395. The molecule has 0 aromatic heterocycles. The second-order valence-corrected chi connectivity index (χ2v) is 7.09. The van der Waals surface area contributed by atoms with Crippen molar-refractivity contribution >= 4 is 0 Å². The maximum atomic E-state index is 10.8. The van der Waals surface area contributed by atoms with E-state index in [2.05, 4.69) is 6.92 Å². The molecule has 2 heterocycles. The molecule has 1 N–H and O–H groups in total. The quantitative estimate of drug-likeness (QED) is 0.754. The monoisotopic (exact) mass is 332 g/mol. The molecular weight excluding hydrogens is 300 g/mol. The maximum Gasteiger partial charge on any atom is 0.221 e. The van der Waals surface area contributed by atoms with Crippen LogP contribution in [-0.2, 0) is 23.7 Å². The minimum absolute atomic E-state index is 0.154. The zero-order chi connectivity index (χ0) is 17.3. The summed E-state index contributed by atoms with van der Waals surface area (Å²) >= 11 is 0. The fraction of sp³-hybridized carbons (Fsp3) is 1.00. The van der Waals surface area contributed by atoms with Crippen LogP contribution in [0.25, 0.3) is 0 Å². The van der Waals surface area contributed by atoms with Gasteiger partial charge in [-0.1, -0.05) is 27.2 Å². The minimum Gasteiger partial charge on any atom is -0.387 e. The summed E-state index contributed by atoms with van der Waals surface area (Å²) in [7, 11) is 1.67. The second kappa shape index (κ2) is 6.94. The van der Waals surface area contributed by atoms with Gasteiger partial charge in [-0.3, -0.25) is 0 Å². The summed E-state index contributed by atoms with van der Waals surface area (Å²) in [6.07, 6.45) is 1.43. The van der Waals surface area contributed by atoms with Crippen molar-refractivity contribution in [1.29, 1.82) is 0 Å². The van der Waals surface area contributed by atoms with Gasteiger partial charge in [0.25, 0.3) is 0 Å². The number of rotatable bonds is 6. The van der Waals surface area contributed by atoms with Gasteiger partial charge in [-0.15, -0.1) is 0 Å². The molecule has 0 radical (unpaired) electrons. The summed E-state index contributed by atoms with van der Waals surface area (Å²) in [6, 6.07) is 0. The Labute approximate surface area is 139 Å². The lowest BCUT2D eigenvalue weighted by molar-refractivity contribution is -0.355. The number of ether oxygens (including phenoxy) is 5. The molecule has 1 spiro atoms. The Balaban J connectivity index is 2.08. The average Bonchev–Trinajstić information content (AvgIpc) is 2.84. The van der Waals surface area contributed by atoms with Crippen LogP contribution in [0.4, 0.5) is 0 Å². The van der Waals surface area contributed by atoms with Gasteiger partial charge >= 0.3 is 0 Å². The standard InChI is InChI=1S/C17H32O6/c1-7-9-16(8-2,19-6)22-13-10-20-17(14(18)12(13)3)11-21-15(4,5)23-17/h12-14,18H,7-11H2,1-6H3/t12-,13-,14+,16?,17+/m1/s1. The van der Waals surface area contributed by atoms with E-state index in [0.717, 1.165) is 19.3 Å². The van der Waals surface area contributed by atoms with Crippen LogP contribution in [-0.4, -0.2) is 55.0 Å². The summed E-state index contributed by atoms with van der Waals surface area (Å²) in [5.41, 5.74) is 0. The fourth-order valence-electron chi connectivity index (χ4n) is 3.44. The van der Waals surface area contributed by atoms with Gasteiger partial charge in [0.1, 0.15) is 12.7 Å². The number of aliphatic hydroxyl groups excluding tert-OH is 1. The number of hydrogen-bond donors (Lipinski definition) is 1. The van der Waals surface area contributed by atoms with Gasteiger partial charge < -0.3 is 28.8 Å². The van der Waals surface area contributed by atoms with Gasteiger partial charge in [-0.25, -0.2) is 0 Å². The van der Waals surface area contributed by atoms with Gasteiger partial charge in [0.15, 0.2) is 11.6 Å². The third-order valence-corrected chi connectivity index (χ3v) is 4.97. The predicted molar refractivity (Wildman–Crippen MR) is 84.8 cm³/mol. The molecule has 2 fully saturated rings. The van der Waals surface area contributed by atoms with Crippen LogP contribution in [0.5, 0.6) is 0 Å². The molecule has 23 heavy (non-hydrogen) atoms. The van der Waals surface area contributed by atoms with E-state index in [4.69, 9.17) is 23.7 Å². The summed E-state index contributed by atoms with van der Waals surface area (Å²) in [5, 5.41) is 10.8. The molecule has 136 valence electrons. The SMILES string of the molecule is CCCC(CC)(OC)O[C@@H]1CO[C@]2(COC(C)(C)O2)[C@@H](O)[C@@H]1C. The molecule has 5 atom stereocenters. The van der Waals surface area contributed by atoms with Crippen LogP contribution in [0.1, 0.15) is 53.9 Å². The summed E-state index contributed by atoms with van der Waals surface area (Å²) in [5.74, 6) is -2.64. The van der Waals surface area contributed by atoms with E-state index in [1.165, 1.54) is 0 Å². The third-order valence-electron chi connectivity index (χ3n) is 4.97. The Morgan fingerprint density at radius 3 is 2.43 bits per heavy atom. The van der Waals surface area contributed by atoms with Crippen molar-refractivity contribution < 1.29 is 28.8 Å². The van der Waals surface area contributed by atoms with E-state index in [0.29, 0.717) is 6.61 Å². The fourth-order valence-corrected chi connectivity index (χ4v) is 3.44. The van der Waals surface area contributed by atoms with E-state index < -0.39 is 23.5 Å². The van der Waals surface area contributed by atoms with Crippen LogP contribution in [0.15, 0.2) is 0 Å². The first-order valence-corrected chi connectivity index (χ1v) is 8.62. The van der Waals surface area contributed by atoms with Crippen LogP contribution < -0.4 is 0 Å². The number of aliphatic hydroxyl groups is 1. The molecule has 6 nitrogen and oxygen atoms in total. The lowest BCUT2D eigenvalue weighted by Gasteiger charge is -2.46. The first kappa shape index (κ1) is 19.1. The Morgan fingerprint density at radius 2 is 1.96 bits per heavy atom. The van der Waals surface area contributed by atoms with E-state index in [1.54, 1.807) is 7.11 Å². The highest BCUT2D eigenvalue weighted by atomic mass is 16.8. The Kier molecular flexibility index (Phi) is 5.76. The lowest BCUT2D eigenvalue weighted by atomic mass is 9.89. The largest absolute Gasteiger partial charge is 0.387 e. The average molecular weight is 332 g/mol. The van der Waals surface area contributed by atoms with Crippen LogP contribution in [0.3, 0.4) is 0 Å². The van der Waals surface area contributed by atoms with Crippen molar-refractivity contribution in [3.8, 4) is 0 Å². The molecule has 0 bridgehead atoms. The molecule has 0 saturated carbocycles. The summed E-state index contributed by atoms with van der Waals surface area (Å²) in [6.45, 7) is 10.3. The van der Waals surface area contributed by atoms with Crippen LogP contribution >= 0.6 is 0 Å². The van der Waals surface area contributed by atoms with Gasteiger partial charge in [0.05, 0.1) is 12.7 Å². The highest BCUT2D eigenvalue weighted by Crippen LogP contribution is 2.42. The highest BCUT2D eigenvalue weighted by molar-refractivity contribution is 4.95. The molecular formula is C17H32O6. The predicted octanol–water partition coefficient (Wildman–Crippen LogP) is 2.43. The lowest BCUT2D eigenvalue weighted by Crippen LogP contribution is -2.61. The minimum atomic E-state index is -1.10. The topological polar surface area (TPSA) is 66.4 Å². The molecule has 1 unspecified atom stereocenters. The van der Waals surface area contributed by atoms with Crippen molar-refractivity contribution in [2.45, 2.75) is 83.5 Å². The highest BCUT2D eigenvalue weighted by Gasteiger charge is 2.57. The molecule has 2 rings (SSSR count). The van der Waals surface area contributed by atoms with Gasteiger partial charge in [-0.2, -0.15) is 0 Å². The molecule has 2 aliphatic heterocycles. The summed E-state index contributed by atoms with van der Waals surface area (Å²) in [4.78, 5) is 0. The molecule has 0 aromatic carbocycles. The summed E-state index contributed by atoms with van der Waals surface area (Å²) < 4.78 is 29.2. The van der Waals surface area contributed by atoms with Gasteiger partial charge in [0, 0.05) is 19.4 Å². The van der Waals surface area contributed by atoms with Crippen molar-refractivity contribution in [3.63, 3.8) is 0 Å².